The third-order valence-corrected chi connectivity index (χ3v) is 4.73. The Morgan fingerprint density at radius 1 is 1.11 bits per heavy atom. The molecule has 1 heterocycles. The van der Waals surface area contributed by atoms with Crippen LogP contribution in [0.25, 0.3) is 10.9 Å². The minimum atomic E-state index is -0.137. The quantitative estimate of drug-likeness (QED) is 0.503. The first-order chi connectivity index (χ1) is 13.2. The summed E-state index contributed by atoms with van der Waals surface area (Å²) in [6.45, 7) is 4.94. The van der Waals surface area contributed by atoms with E-state index in [-0.39, 0.29) is 11.9 Å². The van der Waals surface area contributed by atoms with Crippen molar-refractivity contribution >= 4 is 16.9 Å². The fraction of sp³-hybridized carbons (Fsp3) is 0.348. The number of hydrogen-bond donors (Lipinski definition) is 1. The summed E-state index contributed by atoms with van der Waals surface area (Å²) in [5.74, 6) is 0.840. The van der Waals surface area contributed by atoms with Crippen LogP contribution in [-0.4, -0.2) is 17.6 Å². The number of benzene rings is 2. The molecule has 0 bridgehead atoms. The molecule has 0 radical (unpaired) electrons. The number of rotatable bonds is 9. The molecule has 142 valence electrons. The maximum Gasteiger partial charge on any atom is 0.306 e. The molecule has 1 unspecified atom stereocenters. The Bertz CT molecular complexity index is 870. The highest BCUT2D eigenvalue weighted by Gasteiger charge is 2.20. The number of carbonyl (C=O) groups is 1. The van der Waals surface area contributed by atoms with Crippen molar-refractivity contribution in [2.75, 3.05) is 6.61 Å². The van der Waals surface area contributed by atoms with Crippen LogP contribution in [0.1, 0.15) is 50.2 Å². The zero-order chi connectivity index (χ0) is 19.1. The van der Waals surface area contributed by atoms with Crippen molar-refractivity contribution in [3.05, 3.63) is 65.9 Å². The number of esters is 1. The second kappa shape index (κ2) is 9.26. The first-order valence-corrected chi connectivity index (χ1v) is 9.64. The molecule has 4 nitrogen and oxygen atoms in total. The van der Waals surface area contributed by atoms with E-state index in [0.29, 0.717) is 19.6 Å². The Hall–Kier alpha value is -2.75. The van der Waals surface area contributed by atoms with Gasteiger partial charge in [-0.2, -0.15) is 0 Å². The molecular formula is C23H27NO3. The van der Waals surface area contributed by atoms with E-state index in [9.17, 15) is 4.79 Å². The number of H-pyrrole nitrogens is 1. The van der Waals surface area contributed by atoms with Crippen LogP contribution in [0, 0.1) is 0 Å². The van der Waals surface area contributed by atoms with Gasteiger partial charge in [-0.05, 0) is 48.6 Å². The number of ether oxygens (including phenoxy) is 2. The van der Waals surface area contributed by atoms with Crippen LogP contribution in [0.15, 0.2) is 54.7 Å². The van der Waals surface area contributed by atoms with Crippen LogP contribution in [0.3, 0.4) is 0 Å². The lowest BCUT2D eigenvalue weighted by atomic mass is 9.91. The van der Waals surface area contributed by atoms with Gasteiger partial charge >= 0.3 is 5.97 Å². The lowest BCUT2D eigenvalue weighted by Crippen LogP contribution is -2.10. The fourth-order valence-corrected chi connectivity index (χ4v) is 3.43. The summed E-state index contributed by atoms with van der Waals surface area (Å²) in [6.07, 6.45) is 4.39. The third kappa shape index (κ3) is 4.91. The third-order valence-electron chi connectivity index (χ3n) is 4.73. The van der Waals surface area contributed by atoms with Gasteiger partial charge in [0, 0.05) is 17.1 Å². The van der Waals surface area contributed by atoms with Crippen LogP contribution >= 0.6 is 0 Å². The SMILES string of the molecule is CCCC(CC(=O)OCC)c1c[nH]c2ccc(OCc3ccccc3)cc12. The largest absolute Gasteiger partial charge is 0.489 e. The van der Waals surface area contributed by atoms with Crippen molar-refractivity contribution in [2.45, 2.75) is 45.6 Å². The van der Waals surface area contributed by atoms with E-state index in [2.05, 4.69) is 30.1 Å². The lowest BCUT2D eigenvalue weighted by molar-refractivity contribution is -0.143. The maximum atomic E-state index is 12.0. The normalized spacial score (nSPS) is 12.1. The average molecular weight is 365 g/mol. The van der Waals surface area contributed by atoms with Gasteiger partial charge in [-0.25, -0.2) is 0 Å². The van der Waals surface area contributed by atoms with Gasteiger partial charge in [0.25, 0.3) is 0 Å². The van der Waals surface area contributed by atoms with Crippen LogP contribution in [0.5, 0.6) is 5.75 Å². The van der Waals surface area contributed by atoms with E-state index in [4.69, 9.17) is 9.47 Å². The van der Waals surface area contributed by atoms with Gasteiger partial charge in [0.2, 0.25) is 0 Å². The molecule has 4 heteroatoms. The van der Waals surface area contributed by atoms with E-state index in [1.807, 2.05) is 43.5 Å². The zero-order valence-corrected chi connectivity index (χ0v) is 16.0. The van der Waals surface area contributed by atoms with Crippen molar-refractivity contribution < 1.29 is 14.3 Å². The molecule has 3 aromatic rings. The number of hydrogen-bond acceptors (Lipinski definition) is 3. The molecule has 0 amide bonds. The van der Waals surface area contributed by atoms with Crippen molar-refractivity contribution in [1.82, 2.24) is 4.98 Å². The topological polar surface area (TPSA) is 51.3 Å². The standard InChI is InChI=1S/C23H27NO3/c1-3-8-18(13-23(25)26-4-2)21-15-24-22-12-11-19(14-20(21)22)27-16-17-9-6-5-7-10-17/h5-7,9-12,14-15,18,24H,3-4,8,13,16H2,1-2H3. The molecule has 2 aromatic carbocycles. The molecule has 1 N–H and O–H groups in total. The van der Waals surface area contributed by atoms with Gasteiger partial charge < -0.3 is 14.5 Å². The molecule has 1 aromatic heterocycles. The molecule has 3 rings (SSSR count). The van der Waals surface area contributed by atoms with Crippen molar-refractivity contribution in [2.24, 2.45) is 0 Å². The number of aromatic nitrogens is 1. The minimum absolute atomic E-state index is 0.137. The molecule has 0 saturated carbocycles. The monoisotopic (exact) mass is 365 g/mol. The summed E-state index contributed by atoms with van der Waals surface area (Å²) in [5.41, 5.74) is 3.35. The summed E-state index contributed by atoms with van der Waals surface area (Å²) in [4.78, 5) is 15.4. The predicted molar refractivity (Wildman–Crippen MR) is 108 cm³/mol. The molecular weight excluding hydrogens is 338 g/mol. The number of aromatic amines is 1. The van der Waals surface area contributed by atoms with Crippen LogP contribution in [-0.2, 0) is 16.1 Å². The minimum Gasteiger partial charge on any atom is -0.489 e. The molecule has 0 saturated heterocycles. The van der Waals surface area contributed by atoms with Crippen molar-refractivity contribution in [1.29, 1.82) is 0 Å². The van der Waals surface area contributed by atoms with E-state index in [1.54, 1.807) is 0 Å². The highest BCUT2D eigenvalue weighted by atomic mass is 16.5. The molecule has 0 aliphatic rings. The van der Waals surface area contributed by atoms with Gasteiger partial charge in [0.05, 0.1) is 13.0 Å². The summed E-state index contributed by atoms with van der Waals surface area (Å²) in [6, 6.07) is 16.2. The summed E-state index contributed by atoms with van der Waals surface area (Å²) >= 11 is 0. The molecule has 0 aliphatic heterocycles. The summed E-state index contributed by atoms with van der Waals surface area (Å²) < 4.78 is 11.1. The smallest absolute Gasteiger partial charge is 0.306 e. The molecule has 1 atom stereocenters. The highest BCUT2D eigenvalue weighted by Crippen LogP contribution is 2.33. The highest BCUT2D eigenvalue weighted by molar-refractivity contribution is 5.86. The number of fused-ring (bicyclic) bond motifs is 1. The first kappa shape index (κ1) is 19.0. The predicted octanol–water partition coefficient (Wildman–Crippen LogP) is 5.58. The van der Waals surface area contributed by atoms with Crippen LogP contribution in [0.4, 0.5) is 0 Å². The van der Waals surface area contributed by atoms with E-state index in [1.165, 1.54) is 0 Å². The maximum absolute atomic E-state index is 12.0. The summed E-state index contributed by atoms with van der Waals surface area (Å²) in [5, 5.41) is 1.11. The van der Waals surface area contributed by atoms with Crippen molar-refractivity contribution in [3.8, 4) is 5.75 Å². The second-order valence-corrected chi connectivity index (χ2v) is 6.72. The average Bonchev–Trinajstić information content (AvgIpc) is 3.10. The van der Waals surface area contributed by atoms with Gasteiger partial charge in [-0.1, -0.05) is 43.7 Å². The zero-order valence-electron chi connectivity index (χ0n) is 16.0. The Morgan fingerprint density at radius 2 is 1.93 bits per heavy atom. The summed E-state index contributed by atoms with van der Waals surface area (Å²) in [7, 11) is 0. The van der Waals surface area contributed by atoms with Gasteiger partial charge in [-0.15, -0.1) is 0 Å². The van der Waals surface area contributed by atoms with Crippen LogP contribution in [0.2, 0.25) is 0 Å². The molecule has 0 fully saturated rings. The molecule has 0 aliphatic carbocycles. The van der Waals surface area contributed by atoms with E-state index >= 15 is 0 Å². The van der Waals surface area contributed by atoms with E-state index in [0.717, 1.165) is 40.6 Å². The van der Waals surface area contributed by atoms with E-state index < -0.39 is 0 Å². The Balaban J connectivity index is 1.81. The Morgan fingerprint density at radius 3 is 2.67 bits per heavy atom. The first-order valence-electron chi connectivity index (χ1n) is 9.64. The number of carbonyl (C=O) groups excluding carboxylic acids is 1. The van der Waals surface area contributed by atoms with Crippen molar-refractivity contribution in [3.63, 3.8) is 0 Å². The van der Waals surface area contributed by atoms with Crippen LogP contribution < -0.4 is 4.74 Å². The Labute approximate surface area is 160 Å². The molecule has 0 spiro atoms. The van der Waals surface area contributed by atoms with Gasteiger partial charge in [0.1, 0.15) is 12.4 Å². The molecule has 27 heavy (non-hydrogen) atoms. The lowest BCUT2D eigenvalue weighted by Gasteiger charge is -2.15. The Kier molecular flexibility index (Phi) is 6.53. The number of nitrogens with one attached hydrogen (secondary N) is 1. The van der Waals surface area contributed by atoms with Gasteiger partial charge in [0.15, 0.2) is 0 Å². The fourth-order valence-electron chi connectivity index (χ4n) is 3.43. The van der Waals surface area contributed by atoms with Gasteiger partial charge in [-0.3, -0.25) is 4.79 Å². The second-order valence-electron chi connectivity index (χ2n) is 6.72.